The van der Waals surface area contributed by atoms with Crippen LogP contribution in [0.4, 0.5) is 0 Å². The zero-order chi connectivity index (χ0) is 13.1. The van der Waals surface area contributed by atoms with Crippen LogP contribution in [-0.4, -0.2) is 37.4 Å². The molecule has 0 amide bonds. The lowest BCUT2D eigenvalue weighted by Crippen LogP contribution is -2.49. The minimum atomic E-state index is -0.776. The van der Waals surface area contributed by atoms with E-state index >= 15 is 0 Å². The molecule has 1 saturated heterocycles. The van der Waals surface area contributed by atoms with E-state index in [1.54, 1.807) is 13.8 Å². The van der Waals surface area contributed by atoms with Crippen molar-refractivity contribution in [2.24, 2.45) is 5.92 Å². The molecule has 0 N–H and O–H groups in total. The van der Waals surface area contributed by atoms with Gasteiger partial charge in [0.1, 0.15) is 12.7 Å². The van der Waals surface area contributed by atoms with Crippen LogP contribution in [0, 0.1) is 5.92 Å². The third kappa shape index (κ3) is 3.78. The van der Waals surface area contributed by atoms with Crippen LogP contribution in [0.2, 0.25) is 0 Å². The molecule has 0 radical (unpaired) electrons. The van der Waals surface area contributed by atoms with Gasteiger partial charge in [-0.25, -0.2) is 0 Å². The van der Waals surface area contributed by atoms with E-state index < -0.39 is 11.9 Å². The highest BCUT2D eigenvalue weighted by molar-refractivity contribution is 5.85. The summed E-state index contributed by atoms with van der Waals surface area (Å²) < 4.78 is 15.5. The molecule has 1 rings (SSSR count). The first kappa shape index (κ1) is 14.1. The van der Waals surface area contributed by atoms with Crippen LogP contribution < -0.4 is 0 Å². The molecular weight excluding hydrogens is 224 g/mol. The summed E-state index contributed by atoms with van der Waals surface area (Å²) in [6.45, 7) is 5.48. The second kappa shape index (κ2) is 5.60. The molecule has 0 aromatic carbocycles. The maximum absolute atomic E-state index is 11.8. The zero-order valence-corrected chi connectivity index (χ0v) is 10.8. The Morgan fingerprint density at radius 1 is 1.59 bits per heavy atom. The van der Waals surface area contributed by atoms with Gasteiger partial charge in [-0.1, -0.05) is 6.92 Å². The van der Waals surface area contributed by atoms with E-state index in [1.165, 1.54) is 7.11 Å². The molecule has 0 saturated carbocycles. The van der Waals surface area contributed by atoms with Gasteiger partial charge >= 0.3 is 5.97 Å². The van der Waals surface area contributed by atoms with E-state index in [9.17, 15) is 9.59 Å². The number of Topliss-reactive ketones (excluding diaryl/α,β-unsaturated/α-hetero) is 1. The largest absolute Gasteiger partial charge is 0.469 e. The minimum absolute atomic E-state index is 0.0370. The van der Waals surface area contributed by atoms with Crippen molar-refractivity contribution in [2.45, 2.75) is 45.5 Å². The van der Waals surface area contributed by atoms with E-state index in [0.29, 0.717) is 6.42 Å². The average molecular weight is 244 g/mol. The van der Waals surface area contributed by atoms with Crippen LogP contribution in [-0.2, 0) is 23.8 Å². The molecule has 0 unspecified atom stereocenters. The Kier molecular flexibility index (Phi) is 4.65. The maximum Gasteiger partial charge on any atom is 0.305 e. The predicted molar refractivity (Wildman–Crippen MR) is 60.3 cm³/mol. The second-order valence-corrected chi connectivity index (χ2v) is 4.64. The summed E-state index contributed by atoms with van der Waals surface area (Å²) in [5.74, 6) is -1.36. The minimum Gasteiger partial charge on any atom is -0.469 e. The van der Waals surface area contributed by atoms with Crippen molar-refractivity contribution in [1.82, 2.24) is 0 Å². The molecule has 98 valence electrons. The highest BCUT2D eigenvalue weighted by atomic mass is 16.7. The quantitative estimate of drug-likeness (QED) is 0.697. The second-order valence-electron chi connectivity index (χ2n) is 4.64. The Bertz CT molecular complexity index is 297. The van der Waals surface area contributed by atoms with E-state index in [2.05, 4.69) is 4.74 Å². The topological polar surface area (TPSA) is 61.8 Å². The number of ether oxygens (including phenoxy) is 3. The van der Waals surface area contributed by atoms with Gasteiger partial charge in [0.05, 0.1) is 13.5 Å². The van der Waals surface area contributed by atoms with E-state index in [1.807, 2.05) is 6.92 Å². The maximum atomic E-state index is 11.8. The predicted octanol–water partition coefficient (Wildman–Crippen LogP) is 1.30. The molecular formula is C12H20O5. The van der Waals surface area contributed by atoms with Crippen molar-refractivity contribution in [3.63, 3.8) is 0 Å². The zero-order valence-electron chi connectivity index (χ0n) is 10.8. The van der Waals surface area contributed by atoms with Gasteiger partial charge in [-0.15, -0.1) is 0 Å². The van der Waals surface area contributed by atoms with Gasteiger partial charge in [0.2, 0.25) is 0 Å². The highest BCUT2D eigenvalue weighted by Crippen LogP contribution is 2.28. The van der Waals surface area contributed by atoms with Crippen molar-refractivity contribution < 1.29 is 23.8 Å². The molecule has 1 aliphatic rings. The molecule has 0 bridgehead atoms. The Hall–Kier alpha value is -0.940. The standard InChI is InChI=1S/C12H20O5/c1-5-8(6-10(14)15-4)11-9(13)7-16-12(2,3)17-11/h8,11H,5-7H2,1-4H3/t8-,11-/m0/s1. The van der Waals surface area contributed by atoms with Gasteiger partial charge in [-0.2, -0.15) is 0 Å². The number of ketones is 1. The number of hydrogen-bond donors (Lipinski definition) is 0. The molecule has 1 aliphatic heterocycles. The van der Waals surface area contributed by atoms with Crippen molar-refractivity contribution in [2.75, 3.05) is 13.7 Å². The van der Waals surface area contributed by atoms with Gasteiger partial charge in [0.15, 0.2) is 11.6 Å². The number of carbonyl (C=O) groups is 2. The molecule has 0 aromatic rings. The molecule has 0 aromatic heterocycles. The summed E-state index contributed by atoms with van der Waals surface area (Å²) in [5, 5.41) is 0. The Labute approximate surface area is 101 Å². The molecule has 1 fully saturated rings. The molecule has 2 atom stereocenters. The summed E-state index contributed by atoms with van der Waals surface area (Å²) in [5.41, 5.74) is 0. The molecule has 5 heteroatoms. The summed E-state index contributed by atoms with van der Waals surface area (Å²) in [6.07, 6.45) is 0.295. The van der Waals surface area contributed by atoms with Gasteiger partial charge in [-0.3, -0.25) is 9.59 Å². The molecule has 1 heterocycles. The van der Waals surface area contributed by atoms with Crippen molar-refractivity contribution in [1.29, 1.82) is 0 Å². The van der Waals surface area contributed by atoms with Gasteiger partial charge < -0.3 is 14.2 Å². The molecule has 0 spiro atoms. The first-order valence-electron chi connectivity index (χ1n) is 5.81. The van der Waals surface area contributed by atoms with Crippen LogP contribution >= 0.6 is 0 Å². The van der Waals surface area contributed by atoms with Crippen molar-refractivity contribution in [3.8, 4) is 0 Å². The highest BCUT2D eigenvalue weighted by Gasteiger charge is 2.39. The third-order valence-corrected chi connectivity index (χ3v) is 2.90. The van der Waals surface area contributed by atoms with Gasteiger partial charge in [0, 0.05) is 5.92 Å². The monoisotopic (exact) mass is 244 g/mol. The summed E-state index contributed by atoms with van der Waals surface area (Å²) in [6, 6.07) is 0. The Balaban J connectivity index is 2.72. The van der Waals surface area contributed by atoms with Gasteiger partial charge in [-0.05, 0) is 20.3 Å². The Morgan fingerprint density at radius 3 is 2.76 bits per heavy atom. The number of methoxy groups -OCH3 is 1. The molecule has 17 heavy (non-hydrogen) atoms. The number of hydrogen-bond acceptors (Lipinski definition) is 5. The summed E-state index contributed by atoms with van der Waals surface area (Å²) in [7, 11) is 1.34. The van der Waals surface area contributed by atoms with Gasteiger partial charge in [0.25, 0.3) is 0 Å². The average Bonchev–Trinajstić information content (AvgIpc) is 2.29. The lowest BCUT2D eigenvalue weighted by Gasteiger charge is -2.38. The van der Waals surface area contributed by atoms with E-state index in [0.717, 1.165) is 0 Å². The third-order valence-electron chi connectivity index (χ3n) is 2.90. The molecule has 0 aliphatic carbocycles. The van der Waals surface area contributed by atoms with Crippen LogP contribution in [0.3, 0.4) is 0 Å². The lowest BCUT2D eigenvalue weighted by molar-refractivity contribution is -0.266. The smallest absolute Gasteiger partial charge is 0.305 e. The summed E-state index contributed by atoms with van der Waals surface area (Å²) >= 11 is 0. The first-order valence-corrected chi connectivity index (χ1v) is 5.81. The van der Waals surface area contributed by atoms with Crippen LogP contribution in [0.15, 0.2) is 0 Å². The van der Waals surface area contributed by atoms with Crippen molar-refractivity contribution in [3.05, 3.63) is 0 Å². The number of rotatable bonds is 4. The normalized spacial score (nSPS) is 25.4. The van der Waals surface area contributed by atoms with E-state index in [-0.39, 0.29) is 30.7 Å². The fourth-order valence-corrected chi connectivity index (χ4v) is 1.85. The SMILES string of the molecule is CC[C@@H](CC(=O)OC)[C@@H]1OC(C)(C)OCC1=O. The summed E-state index contributed by atoms with van der Waals surface area (Å²) in [4.78, 5) is 23.0. The van der Waals surface area contributed by atoms with Crippen LogP contribution in [0.25, 0.3) is 0 Å². The van der Waals surface area contributed by atoms with Crippen LogP contribution in [0.5, 0.6) is 0 Å². The fourth-order valence-electron chi connectivity index (χ4n) is 1.85. The molecule has 5 nitrogen and oxygen atoms in total. The van der Waals surface area contributed by atoms with Crippen LogP contribution in [0.1, 0.15) is 33.6 Å². The lowest BCUT2D eigenvalue weighted by atomic mass is 9.92. The van der Waals surface area contributed by atoms with Crippen molar-refractivity contribution >= 4 is 11.8 Å². The number of esters is 1. The Morgan fingerprint density at radius 2 is 2.24 bits per heavy atom. The van der Waals surface area contributed by atoms with E-state index in [4.69, 9.17) is 9.47 Å². The number of carbonyl (C=O) groups excluding carboxylic acids is 2. The first-order chi connectivity index (χ1) is 7.89. The fraction of sp³-hybridized carbons (Fsp3) is 0.833.